The number of aryl methyl sites for hydroxylation is 1. The number of rotatable bonds is 7. The smallest absolute Gasteiger partial charge is 0.251 e. The summed E-state index contributed by atoms with van der Waals surface area (Å²) in [5, 5.41) is 1.85. The highest BCUT2D eigenvalue weighted by Crippen LogP contribution is 2.30. The molecular formula is C23H25N3O3S. The molecule has 1 N–H and O–H groups in total. The van der Waals surface area contributed by atoms with Gasteiger partial charge in [-0.1, -0.05) is 29.8 Å². The van der Waals surface area contributed by atoms with Gasteiger partial charge in [0.2, 0.25) is 0 Å². The Morgan fingerprint density at radius 2 is 1.57 bits per heavy atom. The Hall–Kier alpha value is -3.19. The number of carbonyl (C=O) groups is 1. The van der Waals surface area contributed by atoms with Gasteiger partial charge >= 0.3 is 0 Å². The third-order valence-corrected chi connectivity index (χ3v) is 7.01. The minimum atomic E-state index is -3.72. The molecule has 0 saturated heterocycles. The Labute approximate surface area is 177 Å². The molecule has 0 aliphatic heterocycles. The zero-order valence-corrected chi connectivity index (χ0v) is 18.1. The van der Waals surface area contributed by atoms with Gasteiger partial charge in [0.15, 0.2) is 9.84 Å². The fraction of sp³-hybridized carbons (Fsp3) is 0.217. The maximum atomic E-state index is 13.4. The molecule has 156 valence electrons. The summed E-state index contributed by atoms with van der Waals surface area (Å²) in [6, 6.07) is 17.3. The standard InChI is InChI=1S/C23H25N3O3S/c1-17-4-10-21(11-5-17)30(28,29)22(18-6-8-20(9-7-18)26(2)3)16-25-23(27)19-12-14-24-15-13-19/h4-15,22H,16H2,1-3H3,(H,25,27)/t22-/m1/s1. The molecular weight excluding hydrogens is 398 g/mol. The highest BCUT2D eigenvalue weighted by Gasteiger charge is 2.29. The predicted octanol–water partition coefficient (Wildman–Crippen LogP) is 3.40. The summed E-state index contributed by atoms with van der Waals surface area (Å²) in [7, 11) is 0.120. The fourth-order valence-electron chi connectivity index (χ4n) is 3.08. The van der Waals surface area contributed by atoms with Gasteiger partial charge in [0.1, 0.15) is 5.25 Å². The van der Waals surface area contributed by atoms with E-state index >= 15 is 0 Å². The van der Waals surface area contributed by atoms with Gasteiger partial charge < -0.3 is 10.2 Å². The molecule has 7 heteroatoms. The van der Waals surface area contributed by atoms with E-state index in [0.717, 1.165) is 11.3 Å². The lowest BCUT2D eigenvalue weighted by molar-refractivity contribution is 0.0953. The molecule has 1 heterocycles. The number of amides is 1. The average Bonchev–Trinajstić information content (AvgIpc) is 2.75. The van der Waals surface area contributed by atoms with Crippen molar-refractivity contribution in [1.82, 2.24) is 10.3 Å². The first-order valence-corrected chi connectivity index (χ1v) is 11.1. The minimum absolute atomic E-state index is 0.0430. The van der Waals surface area contributed by atoms with Crippen molar-refractivity contribution in [3.05, 3.63) is 89.7 Å². The Bertz CT molecular complexity index is 1090. The van der Waals surface area contributed by atoms with Crippen molar-refractivity contribution >= 4 is 21.4 Å². The van der Waals surface area contributed by atoms with E-state index in [2.05, 4.69) is 10.3 Å². The van der Waals surface area contributed by atoms with Gasteiger partial charge in [0.25, 0.3) is 5.91 Å². The Morgan fingerprint density at radius 1 is 0.967 bits per heavy atom. The molecule has 0 radical (unpaired) electrons. The number of nitrogens with zero attached hydrogens (tertiary/aromatic N) is 2. The van der Waals surface area contributed by atoms with E-state index in [-0.39, 0.29) is 17.3 Å². The van der Waals surface area contributed by atoms with Crippen LogP contribution in [0.2, 0.25) is 0 Å². The molecule has 3 rings (SSSR count). The lowest BCUT2D eigenvalue weighted by Crippen LogP contribution is -2.32. The number of anilines is 1. The van der Waals surface area contributed by atoms with Crippen LogP contribution in [0.15, 0.2) is 78.0 Å². The molecule has 3 aromatic rings. The summed E-state index contributed by atoms with van der Waals surface area (Å²) in [5.41, 5.74) is 2.99. The van der Waals surface area contributed by atoms with Crippen molar-refractivity contribution < 1.29 is 13.2 Å². The molecule has 0 aliphatic rings. The fourth-order valence-corrected chi connectivity index (χ4v) is 4.74. The van der Waals surface area contributed by atoms with Crippen molar-refractivity contribution in [3.63, 3.8) is 0 Å². The Balaban J connectivity index is 1.93. The molecule has 0 saturated carbocycles. The normalized spacial score (nSPS) is 12.2. The number of pyridine rings is 1. The molecule has 2 aromatic carbocycles. The second kappa shape index (κ2) is 9.09. The molecule has 1 atom stereocenters. The van der Waals surface area contributed by atoms with Crippen molar-refractivity contribution in [1.29, 1.82) is 0 Å². The molecule has 0 bridgehead atoms. The van der Waals surface area contributed by atoms with E-state index in [1.165, 1.54) is 12.4 Å². The van der Waals surface area contributed by atoms with Crippen LogP contribution in [0, 0.1) is 6.92 Å². The maximum absolute atomic E-state index is 13.4. The Morgan fingerprint density at radius 3 is 2.13 bits per heavy atom. The predicted molar refractivity (Wildman–Crippen MR) is 118 cm³/mol. The first-order chi connectivity index (χ1) is 14.3. The topological polar surface area (TPSA) is 79.4 Å². The average molecular weight is 424 g/mol. The number of hydrogen-bond acceptors (Lipinski definition) is 5. The summed E-state index contributed by atoms with van der Waals surface area (Å²) in [5.74, 6) is -0.341. The molecule has 0 spiro atoms. The van der Waals surface area contributed by atoms with Crippen molar-refractivity contribution in [2.24, 2.45) is 0 Å². The van der Waals surface area contributed by atoms with Crippen LogP contribution >= 0.6 is 0 Å². The molecule has 30 heavy (non-hydrogen) atoms. The summed E-state index contributed by atoms with van der Waals surface area (Å²) in [6.07, 6.45) is 3.05. The quantitative estimate of drug-likeness (QED) is 0.630. The zero-order chi connectivity index (χ0) is 21.7. The molecule has 1 amide bonds. The van der Waals surface area contributed by atoms with Crippen LogP contribution in [0.4, 0.5) is 5.69 Å². The molecule has 0 unspecified atom stereocenters. The second-order valence-corrected chi connectivity index (χ2v) is 9.41. The SMILES string of the molecule is Cc1ccc(S(=O)(=O)[C@H](CNC(=O)c2ccncc2)c2ccc(N(C)C)cc2)cc1. The monoisotopic (exact) mass is 423 g/mol. The van der Waals surface area contributed by atoms with Crippen LogP contribution in [0.1, 0.15) is 26.7 Å². The van der Waals surface area contributed by atoms with Crippen LogP contribution in [-0.2, 0) is 9.84 Å². The minimum Gasteiger partial charge on any atom is -0.378 e. The second-order valence-electron chi connectivity index (χ2n) is 7.28. The van der Waals surface area contributed by atoms with Gasteiger partial charge in [-0.3, -0.25) is 9.78 Å². The van der Waals surface area contributed by atoms with Crippen LogP contribution in [-0.4, -0.2) is 39.9 Å². The van der Waals surface area contributed by atoms with E-state index in [9.17, 15) is 13.2 Å². The van der Waals surface area contributed by atoms with E-state index in [1.807, 2.05) is 38.1 Å². The third-order valence-electron chi connectivity index (χ3n) is 4.90. The first-order valence-electron chi connectivity index (χ1n) is 9.55. The lowest BCUT2D eigenvalue weighted by atomic mass is 10.1. The lowest BCUT2D eigenvalue weighted by Gasteiger charge is -2.20. The molecule has 6 nitrogen and oxygen atoms in total. The number of sulfone groups is 1. The van der Waals surface area contributed by atoms with Crippen LogP contribution in [0.25, 0.3) is 0 Å². The van der Waals surface area contributed by atoms with Gasteiger partial charge in [0.05, 0.1) is 4.90 Å². The third kappa shape index (κ3) is 4.86. The summed E-state index contributed by atoms with van der Waals surface area (Å²) >= 11 is 0. The summed E-state index contributed by atoms with van der Waals surface area (Å²) < 4.78 is 26.9. The highest BCUT2D eigenvalue weighted by molar-refractivity contribution is 7.91. The molecule has 0 fully saturated rings. The number of nitrogens with one attached hydrogen (secondary N) is 1. The van der Waals surface area contributed by atoms with Gasteiger partial charge in [-0.15, -0.1) is 0 Å². The number of benzene rings is 2. The van der Waals surface area contributed by atoms with Gasteiger partial charge in [0, 0.05) is 44.3 Å². The Kier molecular flexibility index (Phi) is 6.52. The van der Waals surface area contributed by atoms with Gasteiger partial charge in [-0.25, -0.2) is 8.42 Å². The molecule has 1 aromatic heterocycles. The maximum Gasteiger partial charge on any atom is 0.251 e. The van der Waals surface area contributed by atoms with Gasteiger partial charge in [-0.2, -0.15) is 0 Å². The number of hydrogen-bond donors (Lipinski definition) is 1. The van der Waals surface area contributed by atoms with E-state index in [0.29, 0.717) is 11.1 Å². The number of carbonyl (C=O) groups excluding carboxylic acids is 1. The molecule has 0 aliphatic carbocycles. The first kappa shape index (κ1) is 21.5. The van der Waals surface area contributed by atoms with Crippen LogP contribution in [0.3, 0.4) is 0 Å². The summed E-state index contributed by atoms with van der Waals surface area (Å²) in [4.78, 5) is 18.6. The van der Waals surface area contributed by atoms with Crippen molar-refractivity contribution in [2.75, 3.05) is 25.5 Å². The van der Waals surface area contributed by atoms with Gasteiger partial charge in [-0.05, 0) is 48.9 Å². The summed E-state index contributed by atoms with van der Waals surface area (Å²) in [6.45, 7) is 1.86. The van der Waals surface area contributed by atoms with Crippen LogP contribution < -0.4 is 10.2 Å². The van der Waals surface area contributed by atoms with E-state index < -0.39 is 15.1 Å². The largest absolute Gasteiger partial charge is 0.378 e. The zero-order valence-electron chi connectivity index (χ0n) is 17.2. The van der Waals surface area contributed by atoms with Crippen molar-refractivity contribution in [2.45, 2.75) is 17.1 Å². The van der Waals surface area contributed by atoms with E-state index in [4.69, 9.17) is 0 Å². The highest BCUT2D eigenvalue weighted by atomic mass is 32.2. The van der Waals surface area contributed by atoms with E-state index in [1.54, 1.807) is 48.5 Å². The number of aromatic nitrogens is 1. The van der Waals surface area contributed by atoms with Crippen molar-refractivity contribution in [3.8, 4) is 0 Å². The van der Waals surface area contributed by atoms with Crippen LogP contribution in [0.5, 0.6) is 0 Å².